The molecule has 1 nitrogen and oxygen atoms in total. The van der Waals surface area contributed by atoms with Crippen LogP contribution in [0.5, 0.6) is 0 Å². The monoisotopic (exact) mass is 267 g/mol. The molecule has 0 heterocycles. The van der Waals surface area contributed by atoms with Gasteiger partial charge in [-0.05, 0) is 61.3 Å². The third-order valence-corrected chi connectivity index (χ3v) is 3.73. The lowest BCUT2D eigenvalue weighted by atomic mass is 9.82. The van der Waals surface area contributed by atoms with Gasteiger partial charge in [0.05, 0.1) is 0 Å². The van der Waals surface area contributed by atoms with Crippen LogP contribution in [0.1, 0.15) is 57.2 Å². The molecule has 2 N–H and O–H groups in total. The van der Waals surface area contributed by atoms with Crippen LogP contribution in [0, 0.1) is 6.92 Å². The number of hydrogen-bond donors (Lipinski definition) is 1. The van der Waals surface area contributed by atoms with Crippen molar-refractivity contribution in [1.82, 2.24) is 0 Å². The predicted molar refractivity (Wildman–Crippen MR) is 81.5 cm³/mol. The highest BCUT2D eigenvalue weighted by atomic mass is 35.5. The minimum absolute atomic E-state index is 0.144. The first-order valence-corrected chi connectivity index (χ1v) is 7.14. The highest BCUT2D eigenvalue weighted by Gasteiger charge is 2.18. The second kappa shape index (κ2) is 6.08. The van der Waals surface area contributed by atoms with E-state index in [1.54, 1.807) is 0 Å². The Kier molecular flexibility index (Phi) is 5.24. The quantitative estimate of drug-likeness (QED) is 0.847. The van der Waals surface area contributed by atoms with Gasteiger partial charge < -0.3 is 5.73 Å². The van der Waals surface area contributed by atoms with Crippen LogP contribution in [0.3, 0.4) is 0 Å². The molecular formula is C16H26ClN. The second-order valence-corrected chi connectivity index (χ2v) is 6.78. The molecule has 0 unspecified atom stereocenters. The van der Waals surface area contributed by atoms with E-state index in [0.717, 1.165) is 24.3 Å². The molecule has 0 radical (unpaired) electrons. The highest BCUT2D eigenvalue weighted by Crippen LogP contribution is 2.31. The van der Waals surface area contributed by atoms with Crippen LogP contribution in [-0.2, 0) is 11.8 Å². The van der Waals surface area contributed by atoms with E-state index in [2.05, 4.69) is 46.8 Å². The first-order chi connectivity index (χ1) is 8.21. The first kappa shape index (κ1) is 15.5. The fourth-order valence-corrected chi connectivity index (χ4v) is 2.53. The number of halogens is 1. The van der Waals surface area contributed by atoms with Crippen molar-refractivity contribution in [2.75, 3.05) is 0 Å². The molecule has 0 saturated carbocycles. The number of rotatable bonds is 4. The van der Waals surface area contributed by atoms with Crippen molar-refractivity contribution in [2.24, 2.45) is 5.73 Å². The first-order valence-electron chi connectivity index (χ1n) is 6.77. The van der Waals surface area contributed by atoms with Gasteiger partial charge in [-0.2, -0.15) is 0 Å². The van der Waals surface area contributed by atoms with E-state index in [0.29, 0.717) is 0 Å². The van der Waals surface area contributed by atoms with Crippen molar-refractivity contribution in [3.63, 3.8) is 0 Å². The average Bonchev–Trinajstić information content (AvgIpc) is 2.20. The van der Waals surface area contributed by atoms with Gasteiger partial charge in [-0.3, -0.25) is 0 Å². The summed E-state index contributed by atoms with van der Waals surface area (Å²) in [7, 11) is 0. The summed E-state index contributed by atoms with van der Waals surface area (Å²) >= 11 is 6.34. The van der Waals surface area contributed by atoms with E-state index in [1.165, 1.54) is 16.7 Å². The Labute approximate surface area is 117 Å². The van der Waals surface area contributed by atoms with Gasteiger partial charge in [0.2, 0.25) is 0 Å². The molecule has 0 spiro atoms. The lowest BCUT2D eigenvalue weighted by Gasteiger charge is -2.23. The van der Waals surface area contributed by atoms with Crippen LogP contribution in [0.4, 0.5) is 0 Å². The third-order valence-electron chi connectivity index (χ3n) is 3.34. The van der Waals surface area contributed by atoms with Crippen LogP contribution < -0.4 is 5.73 Å². The smallest absolute Gasteiger partial charge is 0.0440 e. The van der Waals surface area contributed by atoms with Gasteiger partial charge in [-0.15, -0.1) is 0 Å². The Morgan fingerprint density at radius 2 is 1.89 bits per heavy atom. The molecule has 0 aliphatic carbocycles. The molecule has 0 aromatic heterocycles. The third kappa shape index (κ3) is 4.29. The molecular weight excluding hydrogens is 242 g/mol. The zero-order chi connectivity index (χ0) is 13.9. The van der Waals surface area contributed by atoms with Crippen molar-refractivity contribution in [1.29, 1.82) is 0 Å². The van der Waals surface area contributed by atoms with Gasteiger partial charge in [0, 0.05) is 11.1 Å². The Bertz CT molecular complexity index is 402. The van der Waals surface area contributed by atoms with Crippen LogP contribution in [0.15, 0.2) is 12.1 Å². The van der Waals surface area contributed by atoms with Gasteiger partial charge in [0.25, 0.3) is 0 Å². The van der Waals surface area contributed by atoms with E-state index in [9.17, 15) is 0 Å². The molecule has 1 rings (SSSR count). The van der Waals surface area contributed by atoms with Gasteiger partial charge in [0.1, 0.15) is 0 Å². The van der Waals surface area contributed by atoms with Crippen molar-refractivity contribution in [3.05, 3.63) is 33.8 Å². The van der Waals surface area contributed by atoms with E-state index in [-0.39, 0.29) is 11.5 Å². The fraction of sp³-hybridized carbons (Fsp3) is 0.625. The van der Waals surface area contributed by atoms with E-state index >= 15 is 0 Å². The van der Waals surface area contributed by atoms with Crippen molar-refractivity contribution in [2.45, 2.75) is 65.3 Å². The normalized spacial score (nSPS) is 13.7. The summed E-state index contributed by atoms with van der Waals surface area (Å²) < 4.78 is 0. The molecule has 102 valence electrons. The van der Waals surface area contributed by atoms with Gasteiger partial charge in [-0.1, -0.05) is 38.4 Å². The lowest BCUT2D eigenvalue weighted by molar-refractivity contribution is 0.583. The van der Waals surface area contributed by atoms with E-state index < -0.39 is 0 Å². The molecule has 1 aromatic carbocycles. The Balaban J connectivity index is 2.91. The molecule has 2 heteroatoms. The van der Waals surface area contributed by atoms with E-state index in [4.69, 9.17) is 17.3 Å². The van der Waals surface area contributed by atoms with Crippen LogP contribution >= 0.6 is 11.6 Å². The number of benzene rings is 1. The summed E-state index contributed by atoms with van der Waals surface area (Å²) in [6.07, 6.45) is 3.25. The summed E-state index contributed by atoms with van der Waals surface area (Å²) in [6, 6.07) is 4.70. The highest BCUT2D eigenvalue weighted by molar-refractivity contribution is 6.31. The summed E-state index contributed by atoms with van der Waals surface area (Å²) in [5.41, 5.74) is 9.82. The number of hydrogen-bond acceptors (Lipinski definition) is 1. The van der Waals surface area contributed by atoms with Crippen LogP contribution in [0.25, 0.3) is 0 Å². The fourth-order valence-electron chi connectivity index (χ4n) is 2.29. The Morgan fingerprint density at radius 3 is 2.39 bits per heavy atom. The number of nitrogens with two attached hydrogens (primary N) is 1. The van der Waals surface area contributed by atoms with E-state index in [1.807, 2.05) is 0 Å². The zero-order valence-corrected chi connectivity index (χ0v) is 13.1. The molecule has 0 aliphatic rings. The molecule has 0 fully saturated rings. The zero-order valence-electron chi connectivity index (χ0n) is 12.3. The second-order valence-electron chi connectivity index (χ2n) is 6.37. The summed E-state index contributed by atoms with van der Waals surface area (Å²) in [5, 5.41) is 0.887. The van der Waals surface area contributed by atoms with Gasteiger partial charge >= 0.3 is 0 Å². The van der Waals surface area contributed by atoms with Crippen LogP contribution in [0.2, 0.25) is 5.02 Å². The lowest BCUT2D eigenvalue weighted by Crippen LogP contribution is -2.15. The molecule has 0 aliphatic heterocycles. The van der Waals surface area contributed by atoms with Crippen molar-refractivity contribution < 1.29 is 0 Å². The van der Waals surface area contributed by atoms with Crippen LogP contribution in [-0.4, -0.2) is 6.04 Å². The minimum Gasteiger partial charge on any atom is -0.328 e. The topological polar surface area (TPSA) is 26.0 Å². The molecule has 1 atom stereocenters. The average molecular weight is 268 g/mol. The Morgan fingerprint density at radius 1 is 1.28 bits per heavy atom. The minimum atomic E-state index is 0.144. The summed E-state index contributed by atoms with van der Waals surface area (Å²) in [5.74, 6) is 0. The Hall–Kier alpha value is -0.530. The maximum absolute atomic E-state index is 6.34. The number of aryl methyl sites for hydroxylation is 1. The summed E-state index contributed by atoms with van der Waals surface area (Å²) in [4.78, 5) is 0. The van der Waals surface area contributed by atoms with Crippen molar-refractivity contribution in [3.8, 4) is 0 Å². The largest absolute Gasteiger partial charge is 0.328 e. The SMILES string of the molecule is Cc1c(Cl)cc(CCC[C@H](C)N)cc1C(C)(C)C. The molecule has 1 aromatic rings. The molecule has 0 amide bonds. The standard InChI is InChI=1S/C16H26ClN/c1-11(18)7-6-8-13-9-14(16(3,4)5)12(2)15(17)10-13/h9-11H,6-8,18H2,1-5H3/t11-/m0/s1. The van der Waals surface area contributed by atoms with Crippen molar-refractivity contribution >= 4 is 11.6 Å². The molecule has 0 saturated heterocycles. The predicted octanol–water partition coefficient (Wildman–Crippen LogP) is 4.62. The summed E-state index contributed by atoms with van der Waals surface area (Å²) in [6.45, 7) is 10.9. The van der Waals surface area contributed by atoms with Gasteiger partial charge in [-0.25, -0.2) is 0 Å². The maximum Gasteiger partial charge on any atom is 0.0440 e. The molecule has 18 heavy (non-hydrogen) atoms. The van der Waals surface area contributed by atoms with Gasteiger partial charge in [0.15, 0.2) is 0 Å². The molecule has 0 bridgehead atoms. The maximum atomic E-state index is 6.34.